The molecule has 0 spiro atoms. The van der Waals surface area contributed by atoms with Gasteiger partial charge in [-0.15, -0.1) is 0 Å². The van der Waals surface area contributed by atoms with Gasteiger partial charge in [-0.1, -0.05) is 12.1 Å². The van der Waals surface area contributed by atoms with Gasteiger partial charge in [-0.25, -0.2) is 4.99 Å². The quantitative estimate of drug-likeness (QED) is 0.820. The van der Waals surface area contributed by atoms with Crippen molar-refractivity contribution in [2.24, 2.45) is 9.98 Å². The Morgan fingerprint density at radius 1 is 1.44 bits per heavy atom. The van der Waals surface area contributed by atoms with Crippen LogP contribution < -0.4 is 4.74 Å². The zero-order chi connectivity index (χ0) is 11.4. The van der Waals surface area contributed by atoms with E-state index in [1.165, 1.54) is 13.4 Å². The molecule has 1 heterocycles. The highest BCUT2D eigenvalue weighted by molar-refractivity contribution is 5.93. The summed E-state index contributed by atoms with van der Waals surface area (Å²) in [5, 5.41) is 9.87. The van der Waals surface area contributed by atoms with Crippen LogP contribution in [0.5, 0.6) is 11.5 Å². The van der Waals surface area contributed by atoms with Gasteiger partial charge in [0.1, 0.15) is 6.34 Å². The van der Waals surface area contributed by atoms with Crippen LogP contribution in [0.2, 0.25) is 0 Å². The average molecular weight is 216 g/mol. The largest absolute Gasteiger partial charge is 0.504 e. The van der Waals surface area contributed by atoms with E-state index in [9.17, 15) is 5.11 Å². The molecule has 2 rings (SSSR count). The van der Waals surface area contributed by atoms with Gasteiger partial charge < -0.3 is 9.84 Å². The number of hydrogen-bond donors (Lipinski definition) is 1. The predicted molar refractivity (Wildman–Crippen MR) is 64.5 cm³/mol. The summed E-state index contributed by atoms with van der Waals surface area (Å²) < 4.78 is 5.03. The standard InChI is InChI=1S/C12H12N2O2/c1-16-11-4-2-3-10(12(11)15)5-9-6-13-8-14-7-9/h2-6,8,15H,7H2,1H3. The molecule has 1 aromatic rings. The summed E-state index contributed by atoms with van der Waals surface area (Å²) in [6.45, 7) is 0.583. The highest BCUT2D eigenvalue weighted by Gasteiger charge is 2.06. The Hall–Kier alpha value is -2.10. The van der Waals surface area contributed by atoms with Gasteiger partial charge in [-0.3, -0.25) is 4.99 Å². The van der Waals surface area contributed by atoms with Crippen LogP contribution in [0.4, 0.5) is 0 Å². The van der Waals surface area contributed by atoms with Crippen molar-refractivity contribution in [3.05, 3.63) is 29.3 Å². The number of ether oxygens (including phenoxy) is 1. The predicted octanol–water partition coefficient (Wildman–Crippen LogP) is 1.90. The van der Waals surface area contributed by atoms with Gasteiger partial charge in [-0.2, -0.15) is 0 Å². The summed E-state index contributed by atoms with van der Waals surface area (Å²) in [7, 11) is 1.53. The molecule has 1 aliphatic rings. The molecule has 0 aliphatic carbocycles. The fraction of sp³-hybridized carbons (Fsp3) is 0.167. The second kappa shape index (κ2) is 4.61. The maximum Gasteiger partial charge on any atom is 0.165 e. The van der Waals surface area contributed by atoms with Crippen LogP contribution in [0.15, 0.2) is 33.8 Å². The van der Waals surface area contributed by atoms with E-state index in [-0.39, 0.29) is 5.75 Å². The van der Waals surface area contributed by atoms with Gasteiger partial charge in [0.25, 0.3) is 0 Å². The number of rotatable bonds is 2. The lowest BCUT2D eigenvalue weighted by Gasteiger charge is -2.07. The maximum absolute atomic E-state index is 9.87. The Kier molecular flexibility index (Phi) is 3.00. The number of phenolic OH excluding ortho intramolecular Hbond substituents is 1. The third kappa shape index (κ3) is 2.11. The molecule has 4 heteroatoms. The fourth-order valence-corrected chi connectivity index (χ4v) is 1.47. The lowest BCUT2D eigenvalue weighted by molar-refractivity contribution is 0.373. The first-order chi connectivity index (χ1) is 7.81. The SMILES string of the molecule is COc1cccc(C=C2C=NC=NC2)c1O. The normalized spacial score (nSPS) is 16.7. The molecule has 0 bridgehead atoms. The zero-order valence-corrected chi connectivity index (χ0v) is 8.92. The van der Waals surface area contributed by atoms with Crippen molar-refractivity contribution in [3.63, 3.8) is 0 Å². The minimum atomic E-state index is 0.139. The monoisotopic (exact) mass is 216 g/mol. The van der Waals surface area contributed by atoms with Crippen LogP contribution in [0, 0.1) is 0 Å². The summed E-state index contributed by atoms with van der Waals surface area (Å²) in [5.41, 5.74) is 1.66. The van der Waals surface area contributed by atoms with Crippen LogP contribution in [0.1, 0.15) is 5.56 Å². The summed E-state index contributed by atoms with van der Waals surface area (Å²) in [5.74, 6) is 0.603. The van der Waals surface area contributed by atoms with Gasteiger partial charge in [0.15, 0.2) is 11.5 Å². The van der Waals surface area contributed by atoms with Gasteiger partial charge in [0.2, 0.25) is 0 Å². The number of nitrogens with zero attached hydrogens (tertiary/aromatic N) is 2. The van der Waals surface area contributed by atoms with E-state index in [1.54, 1.807) is 12.3 Å². The second-order valence-corrected chi connectivity index (χ2v) is 3.35. The van der Waals surface area contributed by atoms with Crippen molar-refractivity contribution in [1.82, 2.24) is 0 Å². The molecular weight excluding hydrogens is 204 g/mol. The fourth-order valence-electron chi connectivity index (χ4n) is 1.47. The van der Waals surface area contributed by atoms with E-state index in [4.69, 9.17) is 4.74 Å². The van der Waals surface area contributed by atoms with Gasteiger partial charge >= 0.3 is 0 Å². The first kappa shape index (κ1) is 10.4. The minimum Gasteiger partial charge on any atom is -0.504 e. The van der Waals surface area contributed by atoms with E-state index >= 15 is 0 Å². The van der Waals surface area contributed by atoms with Crippen LogP contribution in [-0.2, 0) is 0 Å². The number of benzene rings is 1. The summed E-state index contributed by atoms with van der Waals surface area (Å²) in [6, 6.07) is 5.36. The van der Waals surface area contributed by atoms with E-state index in [0.29, 0.717) is 17.9 Å². The molecule has 0 aromatic heterocycles. The van der Waals surface area contributed by atoms with Crippen molar-refractivity contribution in [2.45, 2.75) is 0 Å². The first-order valence-electron chi connectivity index (χ1n) is 4.89. The molecular formula is C12H12N2O2. The Labute approximate surface area is 93.6 Å². The molecule has 0 atom stereocenters. The summed E-state index contributed by atoms with van der Waals surface area (Å²) in [6.07, 6.45) is 5.09. The Morgan fingerprint density at radius 3 is 3.00 bits per heavy atom. The molecule has 0 amide bonds. The molecule has 1 aliphatic heterocycles. The molecule has 16 heavy (non-hydrogen) atoms. The Bertz CT molecular complexity index is 476. The van der Waals surface area contributed by atoms with Crippen LogP contribution in [0.3, 0.4) is 0 Å². The van der Waals surface area contributed by atoms with E-state index in [0.717, 1.165) is 5.57 Å². The van der Waals surface area contributed by atoms with E-state index in [2.05, 4.69) is 9.98 Å². The van der Waals surface area contributed by atoms with Crippen molar-refractivity contribution >= 4 is 18.6 Å². The summed E-state index contributed by atoms with van der Waals surface area (Å²) in [4.78, 5) is 7.95. The molecule has 0 radical (unpaired) electrons. The lowest BCUT2D eigenvalue weighted by atomic mass is 10.1. The van der Waals surface area contributed by atoms with Crippen LogP contribution in [0.25, 0.3) is 6.08 Å². The third-order valence-corrected chi connectivity index (χ3v) is 2.25. The van der Waals surface area contributed by atoms with Gasteiger partial charge in [-0.05, 0) is 17.7 Å². The Balaban J connectivity index is 2.34. The third-order valence-electron chi connectivity index (χ3n) is 2.25. The number of para-hydroxylation sites is 1. The molecule has 0 saturated heterocycles. The first-order valence-corrected chi connectivity index (χ1v) is 4.89. The smallest absolute Gasteiger partial charge is 0.165 e. The topological polar surface area (TPSA) is 54.2 Å². The number of methoxy groups -OCH3 is 1. The number of aliphatic imine (C=N–C) groups is 2. The van der Waals surface area contributed by atoms with Crippen LogP contribution in [-0.4, -0.2) is 31.3 Å². The number of aromatic hydroxyl groups is 1. The highest BCUT2D eigenvalue weighted by Crippen LogP contribution is 2.30. The molecule has 4 nitrogen and oxygen atoms in total. The number of phenols is 1. The van der Waals surface area contributed by atoms with Crippen molar-refractivity contribution in [3.8, 4) is 11.5 Å². The van der Waals surface area contributed by atoms with E-state index < -0.39 is 0 Å². The maximum atomic E-state index is 9.87. The second-order valence-electron chi connectivity index (χ2n) is 3.35. The molecule has 0 saturated carbocycles. The molecule has 1 aromatic carbocycles. The molecule has 0 unspecified atom stereocenters. The number of hydrogen-bond acceptors (Lipinski definition) is 4. The zero-order valence-electron chi connectivity index (χ0n) is 8.92. The van der Waals surface area contributed by atoms with Gasteiger partial charge in [0.05, 0.1) is 13.7 Å². The van der Waals surface area contributed by atoms with Crippen molar-refractivity contribution in [2.75, 3.05) is 13.7 Å². The summed E-state index contributed by atoms with van der Waals surface area (Å²) >= 11 is 0. The minimum absolute atomic E-state index is 0.139. The van der Waals surface area contributed by atoms with Crippen LogP contribution >= 0.6 is 0 Å². The lowest BCUT2D eigenvalue weighted by Crippen LogP contribution is -1.96. The highest BCUT2D eigenvalue weighted by atomic mass is 16.5. The molecule has 1 N–H and O–H groups in total. The van der Waals surface area contributed by atoms with Crippen molar-refractivity contribution in [1.29, 1.82) is 0 Å². The van der Waals surface area contributed by atoms with Crippen molar-refractivity contribution < 1.29 is 9.84 Å². The van der Waals surface area contributed by atoms with Gasteiger partial charge in [0, 0.05) is 11.8 Å². The molecule has 82 valence electrons. The average Bonchev–Trinajstić information content (AvgIpc) is 2.33. The molecule has 0 fully saturated rings. The Morgan fingerprint density at radius 2 is 2.31 bits per heavy atom. The van der Waals surface area contributed by atoms with E-state index in [1.807, 2.05) is 18.2 Å².